The molecule has 0 heterocycles. The lowest BCUT2D eigenvalue weighted by molar-refractivity contribution is -0.0780. The van der Waals surface area contributed by atoms with Crippen LogP contribution < -0.4 is 0 Å². The van der Waals surface area contributed by atoms with Crippen LogP contribution in [-0.4, -0.2) is 23.9 Å². The summed E-state index contributed by atoms with van der Waals surface area (Å²) in [5, 5.41) is 10.0. The maximum Gasteiger partial charge on any atom is 0.0877 e. The molecule has 0 aromatic carbocycles. The lowest BCUT2D eigenvalue weighted by Gasteiger charge is -2.29. The third kappa shape index (κ3) is 5.61. The molecule has 14 heavy (non-hydrogen) atoms. The Bertz CT molecular complexity index is 132. The second-order valence-corrected chi connectivity index (χ2v) is 4.40. The predicted octanol–water partition coefficient (Wildman–Crippen LogP) is 3.13. The molecule has 2 unspecified atom stereocenters. The van der Waals surface area contributed by atoms with Crippen molar-refractivity contribution in [3.05, 3.63) is 0 Å². The average Bonchev–Trinajstić information content (AvgIpc) is 2.16. The number of ether oxygens (including phenoxy) is 1. The minimum Gasteiger partial charge on any atom is -0.387 e. The van der Waals surface area contributed by atoms with E-state index in [-0.39, 0.29) is 6.10 Å². The second kappa shape index (κ2) is 7.24. The van der Waals surface area contributed by atoms with Gasteiger partial charge < -0.3 is 9.84 Å². The first kappa shape index (κ1) is 13.9. The Labute approximate surface area is 88.7 Å². The van der Waals surface area contributed by atoms with Crippen molar-refractivity contribution in [3.63, 3.8) is 0 Å². The summed E-state index contributed by atoms with van der Waals surface area (Å²) in [6.07, 6.45) is 6.95. The zero-order chi connectivity index (χ0) is 11.0. The van der Waals surface area contributed by atoms with E-state index in [9.17, 15) is 5.11 Å². The second-order valence-electron chi connectivity index (χ2n) is 4.40. The van der Waals surface area contributed by atoms with E-state index in [0.29, 0.717) is 0 Å². The Hall–Kier alpha value is -0.0800. The van der Waals surface area contributed by atoms with Crippen molar-refractivity contribution in [3.8, 4) is 0 Å². The van der Waals surface area contributed by atoms with Gasteiger partial charge in [-0.25, -0.2) is 0 Å². The SMILES string of the molecule is CCCCCCCC(C)(O)C(C)OC. The van der Waals surface area contributed by atoms with Gasteiger partial charge in [0.2, 0.25) is 0 Å². The third-order valence-electron chi connectivity index (χ3n) is 3.02. The summed E-state index contributed by atoms with van der Waals surface area (Å²) in [6.45, 7) is 6.00. The molecule has 0 rings (SSSR count). The van der Waals surface area contributed by atoms with Crippen molar-refractivity contribution in [2.24, 2.45) is 0 Å². The molecule has 0 amide bonds. The van der Waals surface area contributed by atoms with E-state index in [1.54, 1.807) is 7.11 Å². The van der Waals surface area contributed by atoms with Crippen molar-refractivity contribution >= 4 is 0 Å². The van der Waals surface area contributed by atoms with Gasteiger partial charge in [0, 0.05) is 7.11 Å². The minimum atomic E-state index is -0.666. The van der Waals surface area contributed by atoms with Gasteiger partial charge in [-0.15, -0.1) is 0 Å². The smallest absolute Gasteiger partial charge is 0.0877 e. The molecule has 2 heteroatoms. The van der Waals surface area contributed by atoms with Gasteiger partial charge in [0.15, 0.2) is 0 Å². The molecule has 0 radical (unpaired) electrons. The molecular formula is C12H26O2. The van der Waals surface area contributed by atoms with Crippen molar-refractivity contribution in [2.75, 3.05) is 7.11 Å². The van der Waals surface area contributed by atoms with Gasteiger partial charge in [-0.1, -0.05) is 39.0 Å². The van der Waals surface area contributed by atoms with Gasteiger partial charge in [0.05, 0.1) is 11.7 Å². The topological polar surface area (TPSA) is 29.5 Å². The monoisotopic (exact) mass is 202 g/mol. The Morgan fingerprint density at radius 2 is 1.79 bits per heavy atom. The van der Waals surface area contributed by atoms with Gasteiger partial charge in [0.1, 0.15) is 0 Å². The maximum absolute atomic E-state index is 10.0. The van der Waals surface area contributed by atoms with E-state index in [1.165, 1.54) is 25.7 Å². The standard InChI is InChI=1S/C12H26O2/c1-5-6-7-8-9-10-12(3,13)11(2)14-4/h11,13H,5-10H2,1-4H3. The van der Waals surface area contributed by atoms with Crippen LogP contribution in [0.25, 0.3) is 0 Å². The normalized spacial score (nSPS) is 17.8. The largest absolute Gasteiger partial charge is 0.387 e. The lowest BCUT2D eigenvalue weighted by Crippen LogP contribution is -2.38. The molecule has 0 bridgehead atoms. The van der Waals surface area contributed by atoms with E-state index < -0.39 is 5.60 Å². The van der Waals surface area contributed by atoms with Crippen molar-refractivity contribution in [2.45, 2.75) is 71.0 Å². The summed E-state index contributed by atoms with van der Waals surface area (Å²) in [5.41, 5.74) is -0.666. The van der Waals surface area contributed by atoms with Crippen LogP contribution in [0.5, 0.6) is 0 Å². The Morgan fingerprint density at radius 1 is 1.21 bits per heavy atom. The first-order chi connectivity index (χ1) is 6.54. The predicted molar refractivity (Wildman–Crippen MR) is 60.5 cm³/mol. The first-order valence-corrected chi connectivity index (χ1v) is 5.79. The van der Waals surface area contributed by atoms with Crippen LogP contribution in [0.3, 0.4) is 0 Å². The fourth-order valence-electron chi connectivity index (χ4n) is 1.54. The molecule has 0 saturated heterocycles. The summed E-state index contributed by atoms with van der Waals surface area (Å²) in [4.78, 5) is 0. The fraction of sp³-hybridized carbons (Fsp3) is 1.00. The van der Waals surface area contributed by atoms with Crippen LogP contribution in [0.15, 0.2) is 0 Å². The zero-order valence-corrected chi connectivity index (χ0v) is 10.2. The van der Waals surface area contributed by atoms with E-state index in [4.69, 9.17) is 4.74 Å². The summed E-state index contributed by atoms with van der Waals surface area (Å²) in [7, 11) is 1.65. The van der Waals surface area contributed by atoms with Gasteiger partial charge in [0.25, 0.3) is 0 Å². The Kier molecular flexibility index (Phi) is 7.20. The highest BCUT2D eigenvalue weighted by molar-refractivity contribution is 4.79. The van der Waals surface area contributed by atoms with Crippen LogP contribution in [0, 0.1) is 0 Å². The molecular weight excluding hydrogens is 176 g/mol. The summed E-state index contributed by atoms with van der Waals surface area (Å²) < 4.78 is 5.14. The Morgan fingerprint density at radius 3 is 2.29 bits per heavy atom. The molecule has 0 fully saturated rings. The maximum atomic E-state index is 10.0. The summed E-state index contributed by atoms with van der Waals surface area (Å²) >= 11 is 0. The number of methoxy groups -OCH3 is 1. The van der Waals surface area contributed by atoms with Crippen LogP contribution in [0.2, 0.25) is 0 Å². The van der Waals surface area contributed by atoms with E-state index in [1.807, 2.05) is 13.8 Å². The molecule has 0 aromatic heterocycles. The minimum absolute atomic E-state index is 0.0753. The molecule has 2 nitrogen and oxygen atoms in total. The average molecular weight is 202 g/mol. The number of unbranched alkanes of at least 4 members (excludes halogenated alkanes) is 4. The quantitative estimate of drug-likeness (QED) is 0.613. The van der Waals surface area contributed by atoms with Crippen molar-refractivity contribution in [1.82, 2.24) is 0 Å². The van der Waals surface area contributed by atoms with Crippen LogP contribution in [-0.2, 0) is 4.74 Å². The molecule has 86 valence electrons. The van der Waals surface area contributed by atoms with Gasteiger partial charge in [-0.3, -0.25) is 0 Å². The third-order valence-corrected chi connectivity index (χ3v) is 3.02. The molecule has 0 aliphatic heterocycles. The van der Waals surface area contributed by atoms with Gasteiger partial charge in [-0.05, 0) is 20.3 Å². The highest BCUT2D eigenvalue weighted by Crippen LogP contribution is 2.20. The van der Waals surface area contributed by atoms with Crippen molar-refractivity contribution < 1.29 is 9.84 Å². The molecule has 0 spiro atoms. The molecule has 1 N–H and O–H groups in total. The fourth-order valence-corrected chi connectivity index (χ4v) is 1.54. The molecule has 0 aliphatic rings. The van der Waals surface area contributed by atoms with Crippen LogP contribution >= 0.6 is 0 Å². The number of aliphatic hydroxyl groups is 1. The van der Waals surface area contributed by atoms with E-state index in [2.05, 4.69) is 6.92 Å². The highest BCUT2D eigenvalue weighted by atomic mass is 16.5. The lowest BCUT2D eigenvalue weighted by atomic mass is 9.93. The van der Waals surface area contributed by atoms with Gasteiger partial charge >= 0.3 is 0 Å². The molecule has 2 atom stereocenters. The zero-order valence-electron chi connectivity index (χ0n) is 10.2. The number of hydrogen-bond acceptors (Lipinski definition) is 2. The van der Waals surface area contributed by atoms with Crippen molar-refractivity contribution in [1.29, 1.82) is 0 Å². The Balaban J connectivity index is 3.55. The van der Waals surface area contributed by atoms with Crippen LogP contribution in [0.4, 0.5) is 0 Å². The summed E-state index contributed by atoms with van der Waals surface area (Å²) in [6, 6.07) is 0. The summed E-state index contributed by atoms with van der Waals surface area (Å²) in [5.74, 6) is 0. The molecule has 0 aromatic rings. The van der Waals surface area contributed by atoms with E-state index in [0.717, 1.165) is 12.8 Å². The number of hydrogen-bond donors (Lipinski definition) is 1. The molecule has 0 aliphatic carbocycles. The number of rotatable bonds is 8. The molecule has 0 saturated carbocycles. The van der Waals surface area contributed by atoms with E-state index >= 15 is 0 Å². The first-order valence-electron chi connectivity index (χ1n) is 5.79. The van der Waals surface area contributed by atoms with Crippen LogP contribution in [0.1, 0.15) is 59.3 Å². The highest BCUT2D eigenvalue weighted by Gasteiger charge is 2.27. The van der Waals surface area contributed by atoms with Gasteiger partial charge in [-0.2, -0.15) is 0 Å².